The van der Waals surface area contributed by atoms with Crippen LogP contribution in [0.1, 0.15) is 29.7 Å². The van der Waals surface area contributed by atoms with Gasteiger partial charge in [-0.2, -0.15) is 0 Å². The Morgan fingerprint density at radius 1 is 1.10 bits per heavy atom. The summed E-state index contributed by atoms with van der Waals surface area (Å²) in [6.07, 6.45) is 0.851. The van der Waals surface area contributed by atoms with E-state index in [9.17, 15) is 0 Å². The van der Waals surface area contributed by atoms with Crippen LogP contribution >= 0.6 is 23.2 Å². The average Bonchev–Trinajstić information content (AvgIpc) is 2.46. The second kappa shape index (κ2) is 5.65. The van der Waals surface area contributed by atoms with E-state index in [4.69, 9.17) is 27.9 Å². The third-order valence-electron chi connectivity index (χ3n) is 3.64. The van der Waals surface area contributed by atoms with Crippen molar-refractivity contribution < 1.29 is 4.74 Å². The molecule has 0 radical (unpaired) electrons. The molecular formula is C16H15Cl2NO. The second-order valence-electron chi connectivity index (χ2n) is 4.92. The largest absolute Gasteiger partial charge is 0.485 e. The molecule has 20 heavy (non-hydrogen) atoms. The van der Waals surface area contributed by atoms with Gasteiger partial charge in [-0.3, -0.25) is 0 Å². The maximum Gasteiger partial charge on any atom is 0.126 e. The number of nitrogens with one attached hydrogen (secondary N) is 1. The number of hydrogen-bond donors (Lipinski definition) is 1. The number of ether oxygens (including phenoxy) is 1. The van der Waals surface area contributed by atoms with Gasteiger partial charge in [0.1, 0.15) is 11.9 Å². The first-order chi connectivity index (χ1) is 9.67. The number of fused-ring (bicyclic) bond motifs is 1. The average molecular weight is 308 g/mol. The van der Waals surface area contributed by atoms with E-state index in [0.29, 0.717) is 0 Å². The Kier molecular flexibility index (Phi) is 3.88. The SMILES string of the molecule is CNC1CC(c2cccc(Cl)c2)Oc2ccc(Cl)cc21. The van der Waals surface area contributed by atoms with Crippen LogP contribution in [0.25, 0.3) is 0 Å². The lowest BCUT2D eigenvalue weighted by Crippen LogP contribution is -2.26. The molecule has 0 aromatic heterocycles. The van der Waals surface area contributed by atoms with Gasteiger partial charge in [0.15, 0.2) is 0 Å². The van der Waals surface area contributed by atoms with Crippen molar-refractivity contribution in [3.05, 3.63) is 63.6 Å². The summed E-state index contributed by atoms with van der Waals surface area (Å²) in [7, 11) is 1.95. The van der Waals surface area contributed by atoms with Gasteiger partial charge in [0, 0.05) is 28.1 Å². The van der Waals surface area contributed by atoms with E-state index >= 15 is 0 Å². The van der Waals surface area contributed by atoms with Gasteiger partial charge in [0.05, 0.1) is 0 Å². The molecular weight excluding hydrogens is 293 g/mol. The molecule has 1 N–H and O–H groups in total. The van der Waals surface area contributed by atoms with Crippen LogP contribution in [0.2, 0.25) is 10.0 Å². The number of benzene rings is 2. The first-order valence-corrected chi connectivity index (χ1v) is 7.32. The third-order valence-corrected chi connectivity index (χ3v) is 4.11. The van der Waals surface area contributed by atoms with Gasteiger partial charge in [-0.1, -0.05) is 35.3 Å². The molecule has 0 bridgehead atoms. The van der Waals surface area contributed by atoms with E-state index in [0.717, 1.165) is 33.3 Å². The van der Waals surface area contributed by atoms with Crippen LogP contribution in [0.4, 0.5) is 0 Å². The minimum absolute atomic E-state index is 0.000162. The maximum absolute atomic E-state index is 6.10. The highest BCUT2D eigenvalue weighted by Crippen LogP contribution is 2.41. The van der Waals surface area contributed by atoms with Crippen molar-refractivity contribution in [3.8, 4) is 5.75 Å². The zero-order valence-corrected chi connectivity index (χ0v) is 12.6. The highest BCUT2D eigenvalue weighted by Gasteiger charge is 2.28. The second-order valence-corrected chi connectivity index (χ2v) is 5.79. The van der Waals surface area contributed by atoms with Gasteiger partial charge in [-0.05, 0) is 42.9 Å². The quantitative estimate of drug-likeness (QED) is 0.862. The summed E-state index contributed by atoms with van der Waals surface area (Å²) in [5, 5.41) is 4.79. The van der Waals surface area contributed by atoms with E-state index in [1.54, 1.807) is 0 Å². The molecule has 1 aliphatic heterocycles. The summed E-state index contributed by atoms with van der Waals surface area (Å²) < 4.78 is 6.10. The van der Waals surface area contributed by atoms with E-state index in [1.165, 1.54) is 0 Å². The fourth-order valence-corrected chi connectivity index (χ4v) is 3.00. The monoisotopic (exact) mass is 307 g/mol. The van der Waals surface area contributed by atoms with E-state index in [-0.39, 0.29) is 12.1 Å². The number of hydrogen-bond acceptors (Lipinski definition) is 2. The van der Waals surface area contributed by atoms with E-state index in [2.05, 4.69) is 5.32 Å². The molecule has 1 aliphatic rings. The Bertz CT molecular complexity index is 630. The molecule has 2 aromatic rings. The smallest absolute Gasteiger partial charge is 0.126 e. The predicted molar refractivity (Wildman–Crippen MR) is 82.7 cm³/mol. The lowest BCUT2D eigenvalue weighted by Gasteiger charge is -2.32. The zero-order chi connectivity index (χ0) is 14.1. The van der Waals surface area contributed by atoms with E-state index < -0.39 is 0 Å². The minimum atomic E-state index is -0.000162. The molecule has 0 saturated carbocycles. The summed E-state index contributed by atoms with van der Waals surface area (Å²) in [5.41, 5.74) is 2.21. The Hall–Kier alpha value is -1.22. The molecule has 3 rings (SSSR count). The lowest BCUT2D eigenvalue weighted by atomic mass is 9.93. The van der Waals surface area contributed by atoms with Crippen molar-refractivity contribution in [2.24, 2.45) is 0 Å². The van der Waals surface area contributed by atoms with Crippen molar-refractivity contribution in [2.45, 2.75) is 18.6 Å². The predicted octanol–water partition coefficient (Wildman–Crippen LogP) is 4.78. The van der Waals surface area contributed by atoms with Crippen LogP contribution < -0.4 is 10.1 Å². The van der Waals surface area contributed by atoms with Gasteiger partial charge < -0.3 is 10.1 Å². The summed E-state index contributed by atoms with van der Waals surface area (Å²) in [4.78, 5) is 0. The molecule has 0 saturated heterocycles. The highest BCUT2D eigenvalue weighted by molar-refractivity contribution is 6.31. The Labute approximate surface area is 128 Å². The van der Waals surface area contributed by atoms with Crippen molar-refractivity contribution >= 4 is 23.2 Å². The Morgan fingerprint density at radius 2 is 1.90 bits per heavy atom. The van der Waals surface area contributed by atoms with Crippen LogP contribution in [-0.4, -0.2) is 7.05 Å². The lowest BCUT2D eigenvalue weighted by molar-refractivity contribution is 0.154. The molecule has 0 amide bonds. The van der Waals surface area contributed by atoms with Gasteiger partial charge in [0.2, 0.25) is 0 Å². The molecule has 2 unspecified atom stereocenters. The highest BCUT2D eigenvalue weighted by atomic mass is 35.5. The third kappa shape index (κ3) is 2.64. The van der Waals surface area contributed by atoms with Crippen molar-refractivity contribution in [1.29, 1.82) is 0 Å². The van der Waals surface area contributed by atoms with Crippen molar-refractivity contribution in [2.75, 3.05) is 7.05 Å². The van der Waals surface area contributed by atoms with Gasteiger partial charge in [0.25, 0.3) is 0 Å². The molecule has 0 fully saturated rings. The Balaban J connectivity index is 1.96. The van der Waals surface area contributed by atoms with Crippen LogP contribution in [0.5, 0.6) is 5.75 Å². The maximum atomic E-state index is 6.10. The van der Waals surface area contributed by atoms with E-state index in [1.807, 2.05) is 49.5 Å². The minimum Gasteiger partial charge on any atom is -0.485 e. The summed E-state index contributed by atoms with van der Waals surface area (Å²) >= 11 is 12.1. The van der Waals surface area contributed by atoms with Crippen molar-refractivity contribution in [3.63, 3.8) is 0 Å². The molecule has 2 atom stereocenters. The number of rotatable bonds is 2. The van der Waals surface area contributed by atoms with Crippen LogP contribution in [0.3, 0.4) is 0 Å². The van der Waals surface area contributed by atoms with Gasteiger partial charge in [-0.25, -0.2) is 0 Å². The first-order valence-electron chi connectivity index (χ1n) is 6.56. The normalized spacial score (nSPS) is 21.1. The molecule has 2 nitrogen and oxygen atoms in total. The summed E-state index contributed by atoms with van der Waals surface area (Å²) in [5.74, 6) is 0.880. The molecule has 2 aromatic carbocycles. The summed E-state index contributed by atoms with van der Waals surface area (Å²) in [6.45, 7) is 0. The zero-order valence-electron chi connectivity index (χ0n) is 11.1. The van der Waals surface area contributed by atoms with Gasteiger partial charge >= 0.3 is 0 Å². The fraction of sp³-hybridized carbons (Fsp3) is 0.250. The Morgan fingerprint density at radius 3 is 2.65 bits per heavy atom. The standard InChI is InChI=1S/C16H15Cl2NO/c1-19-14-9-16(10-3-2-4-11(17)7-10)20-15-6-5-12(18)8-13(14)15/h2-8,14,16,19H,9H2,1H3. The summed E-state index contributed by atoms with van der Waals surface area (Å²) in [6, 6.07) is 13.8. The van der Waals surface area contributed by atoms with Crippen LogP contribution in [0, 0.1) is 0 Å². The first kappa shape index (κ1) is 13.7. The fourth-order valence-electron chi connectivity index (χ4n) is 2.63. The van der Waals surface area contributed by atoms with Gasteiger partial charge in [-0.15, -0.1) is 0 Å². The topological polar surface area (TPSA) is 21.3 Å². The molecule has 1 heterocycles. The number of halogens is 2. The van der Waals surface area contributed by atoms with Crippen molar-refractivity contribution in [1.82, 2.24) is 5.32 Å². The molecule has 0 aliphatic carbocycles. The van der Waals surface area contributed by atoms with Crippen LogP contribution in [0.15, 0.2) is 42.5 Å². The van der Waals surface area contributed by atoms with Crippen LogP contribution in [-0.2, 0) is 0 Å². The molecule has 104 valence electrons. The molecule has 4 heteroatoms. The molecule has 0 spiro atoms.